The van der Waals surface area contributed by atoms with Gasteiger partial charge in [-0.2, -0.15) is 0 Å². The zero-order valence-electron chi connectivity index (χ0n) is 13.6. The second-order valence-electron chi connectivity index (χ2n) is 5.83. The van der Waals surface area contributed by atoms with Crippen LogP contribution in [0.1, 0.15) is 22.5 Å². The van der Waals surface area contributed by atoms with Crippen molar-refractivity contribution in [2.75, 3.05) is 5.32 Å². The lowest BCUT2D eigenvalue weighted by Crippen LogP contribution is -1.98. The molecule has 23 heavy (non-hydrogen) atoms. The molecule has 3 heteroatoms. The maximum atomic E-state index is 6.19. The van der Waals surface area contributed by atoms with E-state index < -0.39 is 0 Å². The third-order valence-electron chi connectivity index (χ3n) is 4.17. The molecule has 0 spiro atoms. The van der Waals surface area contributed by atoms with Crippen molar-refractivity contribution in [1.82, 2.24) is 0 Å². The molecule has 0 aliphatic carbocycles. The number of furan rings is 1. The predicted molar refractivity (Wildman–Crippen MR) is 97.1 cm³/mol. The lowest BCUT2D eigenvalue weighted by Gasteiger charge is -2.07. The van der Waals surface area contributed by atoms with Crippen LogP contribution >= 0.6 is 11.6 Å². The predicted octanol–water partition coefficient (Wildman–Crippen LogP) is 6.14. The van der Waals surface area contributed by atoms with E-state index in [1.807, 2.05) is 37.3 Å². The number of halogens is 1. The molecule has 1 heterocycles. The fraction of sp³-hybridized carbons (Fsp3) is 0.200. The van der Waals surface area contributed by atoms with Crippen LogP contribution < -0.4 is 5.32 Å². The molecule has 1 aromatic heterocycles. The Kier molecular flexibility index (Phi) is 4.44. The Morgan fingerprint density at radius 3 is 2.57 bits per heavy atom. The van der Waals surface area contributed by atoms with Gasteiger partial charge in [0.2, 0.25) is 0 Å². The molecule has 0 aliphatic rings. The Morgan fingerprint density at radius 1 is 0.957 bits per heavy atom. The Labute approximate surface area is 142 Å². The highest BCUT2D eigenvalue weighted by atomic mass is 35.5. The van der Waals surface area contributed by atoms with E-state index in [1.54, 1.807) is 0 Å². The Hall–Kier alpha value is -2.19. The first-order valence-electron chi connectivity index (χ1n) is 7.70. The average Bonchev–Trinajstić information content (AvgIpc) is 3.00. The van der Waals surface area contributed by atoms with Crippen LogP contribution in [0.5, 0.6) is 0 Å². The molecule has 0 radical (unpaired) electrons. The number of hydrogen-bond acceptors (Lipinski definition) is 2. The molecule has 118 valence electrons. The second-order valence-corrected chi connectivity index (χ2v) is 6.24. The molecule has 2 aromatic carbocycles. The molecule has 0 bridgehead atoms. The van der Waals surface area contributed by atoms with Crippen molar-refractivity contribution in [3.63, 3.8) is 0 Å². The van der Waals surface area contributed by atoms with Gasteiger partial charge < -0.3 is 9.73 Å². The van der Waals surface area contributed by atoms with Crippen molar-refractivity contribution in [2.45, 2.75) is 27.3 Å². The molecule has 0 amide bonds. The zero-order chi connectivity index (χ0) is 16.4. The minimum Gasteiger partial charge on any atom is -0.459 e. The molecule has 0 saturated heterocycles. The summed E-state index contributed by atoms with van der Waals surface area (Å²) in [6, 6.07) is 16.2. The largest absolute Gasteiger partial charge is 0.459 e. The molecule has 0 saturated carbocycles. The Balaban J connectivity index is 1.74. The highest BCUT2D eigenvalue weighted by Crippen LogP contribution is 2.30. The zero-order valence-corrected chi connectivity index (χ0v) is 14.4. The minimum absolute atomic E-state index is 0.655. The first-order valence-corrected chi connectivity index (χ1v) is 8.08. The summed E-state index contributed by atoms with van der Waals surface area (Å²) in [5.41, 5.74) is 5.76. The summed E-state index contributed by atoms with van der Waals surface area (Å²) < 4.78 is 5.96. The summed E-state index contributed by atoms with van der Waals surface area (Å²) in [5.74, 6) is 1.75. The van der Waals surface area contributed by atoms with Gasteiger partial charge in [-0.05, 0) is 67.8 Å². The van der Waals surface area contributed by atoms with Crippen molar-refractivity contribution in [1.29, 1.82) is 0 Å². The molecular formula is C20H20ClNO. The topological polar surface area (TPSA) is 25.2 Å². The maximum absolute atomic E-state index is 6.19. The minimum atomic E-state index is 0.655. The van der Waals surface area contributed by atoms with Gasteiger partial charge in [0.15, 0.2) is 0 Å². The highest BCUT2D eigenvalue weighted by molar-refractivity contribution is 6.31. The normalized spacial score (nSPS) is 10.8. The van der Waals surface area contributed by atoms with Crippen molar-refractivity contribution >= 4 is 17.3 Å². The van der Waals surface area contributed by atoms with E-state index >= 15 is 0 Å². The van der Waals surface area contributed by atoms with Crippen molar-refractivity contribution in [3.8, 4) is 11.3 Å². The van der Waals surface area contributed by atoms with Crippen LogP contribution in [0.2, 0.25) is 5.02 Å². The van der Waals surface area contributed by atoms with Gasteiger partial charge in [-0.1, -0.05) is 29.8 Å². The number of anilines is 1. The number of aryl methyl sites for hydroxylation is 2. The first kappa shape index (κ1) is 15.7. The van der Waals surface area contributed by atoms with Gasteiger partial charge in [-0.15, -0.1) is 0 Å². The molecule has 0 atom stereocenters. The smallest absolute Gasteiger partial charge is 0.134 e. The van der Waals surface area contributed by atoms with Gasteiger partial charge in [-0.25, -0.2) is 0 Å². The lowest BCUT2D eigenvalue weighted by atomic mass is 10.1. The van der Waals surface area contributed by atoms with E-state index in [0.717, 1.165) is 33.4 Å². The highest BCUT2D eigenvalue weighted by Gasteiger charge is 2.09. The number of rotatable bonds is 4. The lowest BCUT2D eigenvalue weighted by molar-refractivity contribution is 0.531. The van der Waals surface area contributed by atoms with Gasteiger partial charge >= 0.3 is 0 Å². The average molecular weight is 326 g/mol. The molecule has 0 fully saturated rings. The van der Waals surface area contributed by atoms with E-state index in [9.17, 15) is 0 Å². The van der Waals surface area contributed by atoms with Gasteiger partial charge in [0.25, 0.3) is 0 Å². The van der Waals surface area contributed by atoms with Gasteiger partial charge in [0, 0.05) is 16.3 Å². The van der Waals surface area contributed by atoms with Gasteiger partial charge in [0.1, 0.15) is 11.5 Å². The fourth-order valence-corrected chi connectivity index (χ4v) is 2.71. The first-order chi connectivity index (χ1) is 11.0. The van der Waals surface area contributed by atoms with Crippen molar-refractivity contribution < 1.29 is 4.42 Å². The summed E-state index contributed by atoms with van der Waals surface area (Å²) in [4.78, 5) is 0. The van der Waals surface area contributed by atoms with E-state index in [-0.39, 0.29) is 0 Å². The van der Waals surface area contributed by atoms with Crippen LogP contribution in [0, 0.1) is 20.8 Å². The van der Waals surface area contributed by atoms with E-state index in [2.05, 4.69) is 37.4 Å². The van der Waals surface area contributed by atoms with Crippen LogP contribution in [-0.4, -0.2) is 0 Å². The van der Waals surface area contributed by atoms with E-state index in [1.165, 1.54) is 11.1 Å². The van der Waals surface area contributed by atoms with Crippen LogP contribution in [0.4, 0.5) is 5.69 Å². The van der Waals surface area contributed by atoms with Crippen molar-refractivity contribution in [3.05, 3.63) is 76.0 Å². The second kappa shape index (κ2) is 6.51. The number of hydrogen-bond donors (Lipinski definition) is 1. The molecule has 3 rings (SSSR count). The molecule has 0 unspecified atom stereocenters. The van der Waals surface area contributed by atoms with Crippen LogP contribution in [-0.2, 0) is 6.54 Å². The number of benzene rings is 2. The summed E-state index contributed by atoms with van der Waals surface area (Å²) >= 11 is 6.19. The third-order valence-corrected chi connectivity index (χ3v) is 4.58. The summed E-state index contributed by atoms with van der Waals surface area (Å²) in [7, 11) is 0. The fourth-order valence-electron chi connectivity index (χ4n) is 2.53. The summed E-state index contributed by atoms with van der Waals surface area (Å²) in [6.45, 7) is 6.90. The third kappa shape index (κ3) is 3.43. The van der Waals surface area contributed by atoms with Crippen LogP contribution in [0.3, 0.4) is 0 Å². The molecule has 3 aromatic rings. The monoisotopic (exact) mass is 325 g/mol. The van der Waals surface area contributed by atoms with Gasteiger partial charge in [0.05, 0.1) is 6.54 Å². The molecule has 1 N–H and O–H groups in total. The molecule has 0 aliphatic heterocycles. The van der Waals surface area contributed by atoms with E-state index in [4.69, 9.17) is 16.0 Å². The van der Waals surface area contributed by atoms with Crippen LogP contribution in [0.15, 0.2) is 52.9 Å². The maximum Gasteiger partial charge on any atom is 0.134 e. The Morgan fingerprint density at radius 2 is 1.78 bits per heavy atom. The molecular weight excluding hydrogens is 306 g/mol. The van der Waals surface area contributed by atoms with E-state index in [0.29, 0.717) is 6.54 Å². The Bertz CT molecular complexity index is 835. The SMILES string of the molecule is Cc1ccc(NCc2ccc(-c3cccc(Cl)c3C)o2)cc1C. The van der Waals surface area contributed by atoms with Gasteiger partial charge in [-0.3, -0.25) is 0 Å². The van der Waals surface area contributed by atoms with Crippen molar-refractivity contribution in [2.24, 2.45) is 0 Å². The summed E-state index contributed by atoms with van der Waals surface area (Å²) in [5, 5.41) is 4.16. The standard InChI is InChI=1S/C20H20ClNO/c1-13-7-8-16(11-14(13)2)22-12-17-9-10-20(23-17)18-5-4-6-19(21)15(18)3/h4-11,22H,12H2,1-3H3. The number of nitrogens with one attached hydrogen (secondary N) is 1. The molecule has 2 nitrogen and oxygen atoms in total. The van der Waals surface area contributed by atoms with Crippen LogP contribution in [0.25, 0.3) is 11.3 Å². The summed E-state index contributed by atoms with van der Waals surface area (Å²) in [6.07, 6.45) is 0. The quantitative estimate of drug-likeness (QED) is 0.623.